The first kappa shape index (κ1) is 15.0. The highest BCUT2D eigenvalue weighted by Gasteiger charge is 2.29. The first-order chi connectivity index (χ1) is 9.59. The monoisotopic (exact) mass is 274 g/mol. The highest BCUT2D eigenvalue weighted by atomic mass is 16.1. The first-order valence-electron chi connectivity index (χ1n) is 7.70. The van der Waals surface area contributed by atoms with Gasteiger partial charge in [-0.2, -0.15) is 0 Å². The standard InChI is InChI=1S/C17H26N2O/c1-14(15-8-4-2-5-9-15)13-19-16(20)12-17(18)10-6-3-7-11-17/h2,4-5,8-9,14H,3,6-7,10-13,18H2,1H3,(H,19,20). The number of hydrogen-bond donors (Lipinski definition) is 2. The molecule has 1 amide bonds. The number of amides is 1. The summed E-state index contributed by atoms with van der Waals surface area (Å²) in [5.74, 6) is 0.428. The van der Waals surface area contributed by atoms with Crippen LogP contribution >= 0.6 is 0 Å². The van der Waals surface area contributed by atoms with Gasteiger partial charge >= 0.3 is 0 Å². The summed E-state index contributed by atoms with van der Waals surface area (Å²) in [5, 5.41) is 3.03. The van der Waals surface area contributed by atoms with Crippen LogP contribution in [0.1, 0.15) is 56.9 Å². The van der Waals surface area contributed by atoms with E-state index in [0.29, 0.717) is 18.9 Å². The van der Waals surface area contributed by atoms with Gasteiger partial charge in [0.2, 0.25) is 5.91 Å². The summed E-state index contributed by atoms with van der Waals surface area (Å²) in [4.78, 5) is 12.1. The van der Waals surface area contributed by atoms with Crippen molar-refractivity contribution in [3.8, 4) is 0 Å². The minimum Gasteiger partial charge on any atom is -0.355 e. The molecule has 1 aromatic carbocycles. The van der Waals surface area contributed by atoms with Crippen molar-refractivity contribution >= 4 is 5.91 Å². The van der Waals surface area contributed by atoms with Gasteiger partial charge in [0.05, 0.1) is 0 Å². The summed E-state index contributed by atoms with van der Waals surface area (Å²) >= 11 is 0. The van der Waals surface area contributed by atoms with Gasteiger partial charge in [0.25, 0.3) is 0 Å². The van der Waals surface area contributed by atoms with E-state index < -0.39 is 0 Å². The second-order valence-electron chi connectivity index (χ2n) is 6.22. The number of carbonyl (C=O) groups excluding carboxylic acids is 1. The van der Waals surface area contributed by atoms with Crippen molar-refractivity contribution in [3.05, 3.63) is 35.9 Å². The molecule has 1 aromatic rings. The van der Waals surface area contributed by atoms with Crippen LogP contribution in [0.3, 0.4) is 0 Å². The SMILES string of the molecule is CC(CNC(=O)CC1(N)CCCCC1)c1ccccc1. The number of benzene rings is 1. The maximum atomic E-state index is 12.1. The van der Waals surface area contributed by atoms with Gasteiger partial charge in [-0.1, -0.05) is 56.5 Å². The number of hydrogen-bond acceptors (Lipinski definition) is 2. The minimum atomic E-state index is -0.266. The highest BCUT2D eigenvalue weighted by molar-refractivity contribution is 5.77. The topological polar surface area (TPSA) is 55.1 Å². The molecule has 0 aromatic heterocycles. The molecule has 0 radical (unpaired) electrons. The molecule has 0 aliphatic heterocycles. The lowest BCUT2D eigenvalue weighted by molar-refractivity contribution is -0.122. The number of nitrogens with two attached hydrogens (primary N) is 1. The van der Waals surface area contributed by atoms with E-state index in [4.69, 9.17) is 5.73 Å². The highest BCUT2D eigenvalue weighted by Crippen LogP contribution is 2.28. The minimum absolute atomic E-state index is 0.0946. The lowest BCUT2D eigenvalue weighted by atomic mass is 9.80. The fraction of sp³-hybridized carbons (Fsp3) is 0.588. The summed E-state index contributed by atoms with van der Waals surface area (Å²) in [5.41, 5.74) is 7.31. The van der Waals surface area contributed by atoms with E-state index in [0.717, 1.165) is 25.7 Å². The third kappa shape index (κ3) is 4.34. The summed E-state index contributed by atoms with van der Waals surface area (Å²) < 4.78 is 0. The Kier molecular flexibility index (Phi) is 5.18. The van der Waals surface area contributed by atoms with E-state index in [1.54, 1.807) is 0 Å². The van der Waals surface area contributed by atoms with Gasteiger partial charge in [-0.05, 0) is 24.3 Å². The fourth-order valence-electron chi connectivity index (χ4n) is 2.98. The molecule has 0 saturated heterocycles. The van der Waals surface area contributed by atoms with Crippen LogP contribution in [0.25, 0.3) is 0 Å². The number of rotatable bonds is 5. The zero-order valence-electron chi connectivity index (χ0n) is 12.4. The van der Waals surface area contributed by atoms with Gasteiger partial charge in [-0.3, -0.25) is 4.79 Å². The largest absolute Gasteiger partial charge is 0.355 e. The molecular weight excluding hydrogens is 248 g/mol. The van der Waals surface area contributed by atoms with E-state index >= 15 is 0 Å². The molecule has 3 N–H and O–H groups in total. The third-order valence-corrected chi connectivity index (χ3v) is 4.34. The van der Waals surface area contributed by atoms with Gasteiger partial charge in [0.1, 0.15) is 0 Å². The molecule has 3 nitrogen and oxygen atoms in total. The third-order valence-electron chi connectivity index (χ3n) is 4.34. The van der Waals surface area contributed by atoms with Crippen molar-refractivity contribution < 1.29 is 4.79 Å². The Morgan fingerprint density at radius 2 is 1.90 bits per heavy atom. The molecule has 0 heterocycles. The van der Waals surface area contributed by atoms with E-state index in [2.05, 4.69) is 24.4 Å². The lowest BCUT2D eigenvalue weighted by Crippen LogP contribution is -2.46. The van der Waals surface area contributed by atoms with Crippen molar-refractivity contribution in [2.75, 3.05) is 6.54 Å². The summed E-state index contributed by atoms with van der Waals surface area (Å²) in [6, 6.07) is 10.3. The van der Waals surface area contributed by atoms with Crippen LogP contribution in [-0.4, -0.2) is 18.0 Å². The van der Waals surface area contributed by atoms with E-state index in [9.17, 15) is 4.79 Å². The van der Waals surface area contributed by atoms with Crippen molar-refractivity contribution in [2.45, 2.75) is 56.9 Å². The Balaban J connectivity index is 1.77. The molecular formula is C17H26N2O. The zero-order valence-corrected chi connectivity index (χ0v) is 12.4. The first-order valence-corrected chi connectivity index (χ1v) is 7.70. The van der Waals surface area contributed by atoms with Crippen LogP contribution in [0, 0.1) is 0 Å². The van der Waals surface area contributed by atoms with Crippen LogP contribution in [-0.2, 0) is 4.79 Å². The predicted molar refractivity (Wildman–Crippen MR) is 82.5 cm³/mol. The molecule has 1 aliphatic rings. The Hall–Kier alpha value is -1.35. The van der Waals surface area contributed by atoms with E-state index in [-0.39, 0.29) is 11.4 Å². The predicted octanol–water partition coefficient (Wildman–Crippen LogP) is 2.96. The average Bonchev–Trinajstić information content (AvgIpc) is 2.46. The van der Waals surface area contributed by atoms with Crippen LogP contribution in [0.5, 0.6) is 0 Å². The van der Waals surface area contributed by atoms with Crippen molar-refractivity contribution in [1.29, 1.82) is 0 Å². The van der Waals surface area contributed by atoms with Crippen LogP contribution < -0.4 is 11.1 Å². The molecule has 20 heavy (non-hydrogen) atoms. The smallest absolute Gasteiger partial charge is 0.221 e. The summed E-state index contributed by atoms with van der Waals surface area (Å²) in [6.45, 7) is 2.81. The average molecular weight is 274 g/mol. The summed E-state index contributed by atoms with van der Waals surface area (Å²) in [6.07, 6.45) is 6.00. The lowest BCUT2D eigenvalue weighted by Gasteiger charge is -2.32. The molecule has 110 valence electrons. The zero-order chi connectivity index (χ0) is 14.4. The molecule has 0 spiro atoms. The van der Waals surface area contributed by atoms with E-state index in [1.165, 1.54) is 12.0 Å². The second kappa shape index (κ2) is 6.89. The normalized spacial score (nSPS) is 19.3. The molecule has 1 aliphatic carbocycles. The van der Waals surface area contributed by atoms with Crippen LogP contribution in [0.15, 0.2) is 30.3 Å². The Morgan fingerprint density at radius 3 is 2.55 bits per heavy atom. The molecule has 1 atom stereocenters. The van der Waals surface area contributed by atoms with Gasteiger partial charge in [-0.25, -0.2) is 0 Å². The molecule has 1 unspecified atom stereocenters. The van der Waals surface area contributed by atoms with Crippen molar-refractivity contribution in [3.63, 3.8) is 0 Å². The molecule has 3 heteroatoms. The van der Waals surface area contributed by atoms with Gasteiger partial charge in [-0.15, -0.1) is 0 Å². The molecule has 1 fully saturated rings. The molecule has 2 rings (SSSR count). The van der Waals surface area contributed by atoms with Gasteiger partial charge in [0.15, 0.2) is 0 Å². The van der Waals surface area contributed by atoms with Crippen LogP contribution in [0.2, 0.25) is 0 Å². The van der Waals surface area contributed by atoms with Crippen LogP contribution in [0.4, 0.5) is 0 Å². The summed E-state index contributed by atoms with van der Waals surface area (Å²) in [7, 11) is 0. The Morgan fingerprint density at radius 1 is 1.25 bits per heavy atom. The van der Waals surface area contributed by atoms with Gasteiger partial charge < -0.3 is 11.1 Å². The quantitative estimate of drug-likeness (QED) is 0.867. The van der Waals surface area contributed by atoms with Crippen molar-refractivity contribution in [1.82, 2.24) is 5.32 Å². The number of carbonyl (C=O) groups is 1. The fourth-order valence-corrected chi connectivity index (χ4v) is 2.98. The Bertz CT molecular complexity index is 424. The second-order valence-corrected chi connectivity index (χ2v) is 6.22. The number of nitrogens with one attached hydrogen (secondary N) is 1. The van der Waals surface area contributed by atoms with E-state index in [1.807, 2.05) is 18.2 Å². The molecule has 0 bridgehead atoms. The van der Waals surface area contributed by atoms with Crippen molar-refractivity contribution in [2.24, 2.45) is 5.73 Å². The molecule has 1 saturated carbocycles. The van der Waals surface area contributed by atoms with Gasteiger partial charge in [0, 0.05) is 18.5 Å². The maximum Gasteiger partial charge on any atom is 0.221 e. The Labute approximate surface area is 121 Å². The maximum absolute atomic E-state index is 12.1.